The minimum absolute atomic E-state index is 0. The number of sulfonamides is 1. The van der Waals surface area contributed by atoms with Gasteiger partial charge in [0.05, 0.1) is 10.5 Å². The number of benzene rings is 1. The van der Waals surface area contributed by atoms with Crippen LogP contribution in [0.3, 0.4) is 0 Å². The molecule has 0 bridgehead atoms. The third-order valence-electron chi connectivity index (χ3n) is 6.16. The van der Waals surface area contributed by atoms with Crippen molar-refractivity contribution in [3.63, 3.8) is 0 Å². The summed E-state index contributed by atoms with van der Waals surface area (Å²) in [5.74, 6) is -0.969. The van der Waals surface area contributed by atoms with Gasteiger partial charge < -0.3 is 11.1 Å². The SMILES string of the molecule is CCCCN(CC)S(=O)(=O)c1ccc(C(=O)Nc2sc3c(c2C(N)=O)CCN(C(C)C)C3)cc1.Cl. The molecule has 0 aliphatic carbocycles. The van der Waals surface area contributed by atoms with E-state index in [4.69, 9.17) is 5.73 Å². The lowest BCUT2D eigenvalue weighted by molar-refractivity contribution is 0.0999. The van der Waals surface area contributed by atoms with Crippen molar-refractivity contribution in [2.75, 3.05) is 25.0 Å². The lowest BCUT2D eigenvalue weighted by Gasteiger charge is -2.30. The van der Waals surface area contributed by atoms with E-state index >= 15 is 0 Å². The Morgan fingerprint density at radius 2 is 1.86 bits per heavy atom. The van der Waals surface area contributed by atoms with E-state index < -0.39 is 21.8 Å². The Morgan fingerprint density at radius 1 is 1.20 bits per heavy atom. The lowest BCUT2D eigenvalue weighted by atomic mass is 10.0. The molecule has 0 radical (unpaired) electrons. The van der Waals surface area contributed by atoms with Crippen LogP contribution in [-0.4, -0.2) is 55.1 Å². The molecule has 2 amide bonds. The summed E-state index contributed by atoms with van der Waals surface area (Å²) in [6, 6.07) is 6.27. The number of unbranched alkanes of at least 4 members (excludes halogenated alkanes) is 1. The number of thiophene rings is 1. The van der Waals surface area contributed by atoms with Gasteiger partial charge in [-0.3, -0.25) is 14.5 Å². The Hall–Kier alpha value is -1.98. The van der Waals surface area contributed by atoms with Gasteiger partial charge in [-0.2, -0.15) is 4.31 Å². The van der Waals surface area contributed by atoms with Crippen molar-refractivity contribution in [1.29, 1.82) is 0 Å². The Kier molecular flexibility index (Phi) is 10.3. The van der Waals surface area contributed by atoms with E-state index in [0.717, 1.165) is 29.8 Å². The highest BCUT2D eigenvalue weighted by Crippen LogP contribution is 2.37. The number of nitrogens with one attached hydrogen (secondary N) is 1. The predicted octanol–water partition coefficient (Wildman–Crippen LogP) is 4.10. The van der Waals surface area contributed by atoms with E-state index in [2.05, 4.69) is 24.1 Å². The van der Waals surface area contributed by atoms with Gasteiger partial charge in [-0.05, 0) is 56.5 Å². The van der Waals surface area contributed by atoms with Gasteiger partial charge in [0.15, 0.2) is 0 Å². The minimum Gasteiger partial charge on any atom is -0.365 e. The third kappa shape index (κ3) is 6.42. The molecule has 0 fully saturated rings. The highest BCUT2D eigenvalue weighted by Gasteiger charge is 2.29. The molecule has 1 aromatic heterocycles. The summed E-state index contributed by atoms with van der Waals surface area (Å²) in [4.78, 5) is 28.6. The second-order valence-corrected chi connectivity index (χ2v) is 11.8. The first-order valence-electron chi connectivity index (χ1n) is 11.7. The van der Waals surface area contributed by atoms with Crippen LogP contribution in [0.5, 0.6) is 0 Å². The fourth-order valence-electron chi connectivity index (χ4n) is 4.10. The van der Waals surface area contributed by atoms with Crippen molar-refractivity contribution >= 4 is 50.6 Å². The average Bonchev–Trinajstić information content (AvgIpc) is 3.16. The van der Waals surface area contributed by atoms with Gasteiger partial charge in [0.25, 0.3) is 11.8 Å². The van der Waals surface area contributed by atoms with Crippen molar-refractivity contribution in [2.24, 2.45) is 5.73 Å². The first kappa shape index (κ1) is 29.3. The van der Waals surface area contributed by atoms with Crippen LogP contribution in [0.15, 0.2) is 29.2 Å². The molecular formula is C24H35ClN4O4S2. The number of primary amides is 1. The summed E-state index contributed by atoms with van der Waals surface area (Å²) in [6.07, 6.45) is 2.40. The third-order valence-corrected chi connectivity index (χ3v) is 9.28. The van der Waals surface area contributed by atoms with E-state index in [1.54, 1.807) is 0 Å². The monoisotopic (exact) mass is 542 g/mol. The van der Waals surface area contributed by atoms with Gasteiger partial charge in [0, 0.05) is 42.7 Å². The fraction of sp³-hybridized carbons (Fsp3) is 0.500. The van der Waals surface area contributed by atoms with Gasteiger partial charge in [0.2, 0.25) is 10.0 Å². The highest BCUT2D eigenvalue weighted by atomic mass is 35.5. The van der Waals surface area contributed by atoms with Crippen LogP contribution in [-0.2, 0) is 23.0 Å². The molecule has 1 aliphatic heterocycles. The number of nitrogens with two attached hydrogens (primary N) is 1. The topological polar surface area (TPSA) is 113 Å². The van der Waals surface area contributed by atoms with E-state index in [-0.39, 0.29) is 17.3 Å². The molecule has 0 saturated heterocycles. The van der Waals surface area contributed by atoms with Crippen LogP contribution >= 0.6 is 23.7 Å². The lowest BCUT2D eigenvalue weighted by Crippen LogP contribution is -2.35. The van der Waals surface area contributed by atoms with E-state index in [1.165, 1.54) is 39.9 Å². The molecule has 2 aromatic rings. The van der Waals surface area contributed by atoms with Gasteiger partial charge in [-0.25, -0.2) is 8.42 Å². The maximum absolute atomic E-state index is 12.9. The van der Waals surface area contributed by atoms with Crippen molar-refractivity contribution in [3.8, 4) is 0 Å². The number of amides is 2. The number of rotatable bonds is 10. The zero-order chi connectivity index (χ0) is 25.0. The number of carbonyl (C=O) groups excluding carboxylic acids is 2. The van der Waals surface area contributed by atoms with E-state index in [1.807, 2.05) is 13.8 Å². The van der Waals surface area contributed by atoms with Crippen LogP contribution < -0.4 is 11.1 Å². The average molecular weight is 543 g/mol. The van der Waals surface area contributed by atoms with Crippen molar-refractivity contribution in [3.05, 3.63) is 45.8 Å². The van der Waals surface area contributed by atoms with Crippen molar-refractivity contribution in [1.82, 2.24) is 9.21 Å². The molecule has 8 nitrogen and oxygen atoms in total. The normalized spacial score (nSPS) is 14.0. The first-order valence-corrected chi connectivity index (χ1v) is 14.0. The molecule has 2 heterocycles. The Bertz CT molecular complexity index is 1150. The fourth-order valence-corrected chi connectivity index (χ4v) is 6.86. The smallest absolute Gasteiger partial charge is 0.256 e. The number of halogens is 1. The van der Waals surface area contributed by atoms with Crippen LogP contribution in [0.1, 0.15) is 71.7 Å². The Labute approximate surface area is 218 Å². The first-order chi connectivity index (χ1) is 16.1. The summed E-state index contributed by atoms with van der Waals surface area (Å²) in [7, 11) is -3.62. The second-order valence-electron chi connectivity index (χ2n) is 8.72. The number of hydrogen-bond donors (Lipinski definition) is 2. The molecule has 0 unspecified atom stereocenters. The van der Waals surface area contributed by atoms with Crippen molar-refractivity contribution < 1.29 is 18.0 Å². The summed E-state index contributed by atoms with van der Waals surface area (Å²) in [6.45, 7) is 10.5. The van der Waals surface area contributed by atoms with Gasteiger partial charge >= 0.3 is 0 Å². The molecule has 0 atom stereocenters. The molecule has 35 heavy (non-hydrogen) atoms. The zero-order valence-corrected chi connectivity index (χ0v) is 23.1. The van der Waals surface area contributed by atoms with E-state index in [9.17, 15) is 18.0 Å². The molecule has 0 saturated carbocycles. The molecule has 0 spiro atoms. The molecule has 194 valence electrons. The maximum Gasteiger partial charge on any atom is 0.256 e. The van der Waals surface area contributed by atoms with Crippen LogP contribution in [0.25, 0.3) is 0 Å². The highest BCUT2D eigenvalue weighted by molar-refractivity contribution is 7.89. The quantitative estimate of drug-likeness (QED) is 0.469. The minimum atomic E-state index is -3.62. The van der Waals surface area contributed by atoms with Gasteiger partial charge in [-0.1, -0.05) is 20.3 Å². The number of fused-ring (bicyclic) bond motifs is 1. The number of nitrogens with zero attached hydrogens (tertiary/aromatic N) is 2. The standard InChI is InChI=1S/C24H34N4O4S2.ClH/c1-5-7-13-28(6-2)34(31,32)18-10-8-17(9-11-18)23(30)26-24-21(22(25)29)19-12-14-27(16(3)4)15-20(19)33-24;/h8-11,16H,5-7,12-15H2,1-4H3,(H2,25,29)(H,26,30);1H. The molecule has 11 heteroatoms. The zero-order valence-electron chi connectivity index (χ0n) is 20.7. The predicted molar refractivity (Wildman–Crippen MR) is 143 cm³/mol. The second kappa shape index (κ2) is 12.3. The van der Waals surface area contributed by atoms with Gasteiger partial charge in [-0.15, -0.1) is 23.7 Å². The Morgan fingerprint density at radius 3 is 2.40 bits per heavy atom. The van der Waals surface area contributed by atoms with Crippen LogP contribution in [0, 0.1) is 0 Å². The molecule has 3 N–H and O–H groups in total. The maximum atomic E-state index is 12.9. The molecular weight excluding hydrogens is 508 g/mol. The molecule has 3 rings (SSSR count). The molecule has 1 aromatic carbocycles. The summed E-state index contributed by atoms with van der Waals surface area (Å²) >= 11 is 1.38. The largest absolute Gasteiger partial charge is 0.365 e. The summed E-state index contributed by atoms with van der Waals surface area (Å²) in [5.41, 5.74) is 7.27. The summed E-state index contributed by atoms with van der Waals surface area (Å²) < 4.78 is 27.3. The number of anilines is 1. The van der Waals surface area contributed by atoms with Crippen LogP contribution in [0.4, 0.5) is 5.00 Å². The van der Waals surface area contributed by atoms with Gasteiger partial charge in [0.1, 0.15) is 5.00 Å². The number of carbonyl (C=O) groups is 2. The van der Waals surface area contributed by atoms with Crippen molar-refractivity contribution in [2.45, 2.75) is 64.4 Å². The summed E-state index contributed by atoms with van der Waals surface area (Å²) in [5, 5.41) is 3.28. The van der Waals surface area contributed by atoms with Crippen LogP contribution in [0.2, 0.25) is 0 Å². The Balaban J connectivity index is 0.00000432. The van der Waals surface area contributed by atoms with E-state index in [0.29, 0.717) is 48.2 Å². The number of hydrogen-bond acceptors (Lipinski definition) is 6. The molecule has 1 aliphatic rings.